The summed E-state index contributed by atoms with van der Waals surface area (Å²) in [5, 5.41) is 12.1. The maximum absolute atomic E-state index is 12.1. The van der Waals surface area contributed by atoms with Crippen LogP contribution in [0.5, 0.6) is 0 Å². The Bertz CT molecular complexity index is 571. The largest absolute Gasteiger partial charge is 0.370 e. The standard InChI is InChI=1S/C14H28N8O4S/c1-6(2)8(15)11(25)22-12(10(17)24)27-14(26)21-7(9(16)23)4-3-5-20-13(18)19/h6-8,12H,3-5,15H2,1-2H3,(H2,16,23)(H2,17,24)(H,21,26)(H,22,25)(H4,18,19,20)/t7-,8-,12-/m0/s1. The smallest absolute Gasteiger partial charge is 0.282 e. The number of rotatable bonds is 11. The van der Waals surface area contributed by atoms with Crippen LogP contribution in [0.1, 0.15) is 26.7 Å². The summed E-state index contributed by atoms with van der Waals surface area (Å²) in [5.41, 5.74) is 21.3. The predicted octanol–water partition coefficient (Wildman–Crippen LogP) is -2.54. The van der Waals surface area contributed by atoms with Crippen LogP contribution < -0.4 is 38.9 Å². The van der Waals surface area contributed by atoms with Crippen molar-refractivity contribution in [2.75, 3.05) is 6.54 Å². The number of nitrogens with one attached hydrogen (secondary N) is 4. The zero-order valence-corrected chi connectivity index (χ0v) is 16.1. The summed E-state index contributed by atoms with van der Waals surface area (Å²) in [7, 11) is 0. The fourth-order valence-corrected chi connectivity index (χ4v) is 2.50. The average molecular weight is 404 g/mol. The van der Waals surface area contributed by atoms with Crippen molar-refractivity contribution in [1.29, 1.82) is 5.41 Å². The van der Waals surface area contributed by atoms with Gasteiger partial charge in [-0.05, 0) is 30.5 Å². The second-order valence-electron chi connectivity index (χ2n) is 6.05. The molecule has 0 bridgehead atoms. The average Bonchev–Trinajstić information content (AvgIpc) is 2.55. The normalized spacial score (nSPS) is 13.9. The number of amides is 4. The highest BCUT2D eigenvalue weighted by atomic mass is 32.2. The number of nitrogens with two attached hydrogens (primary N) is 4. The lowest BCUT2D eigenvalue weighted by Crippen LogP contribution is -2.52. The van der Waals surface area contributed by atoms with E-state index in [1.165, 1.54) is 0 Å². The summed E-state index contributed by atoms with van der Waals surface area (Å²) in [5.74, 6) is -2.74. The van der Waals surface area contributed by atoms with Crippen LogP contribution in [0.4, 0.5) is 4.79 Å². The van der Waals surface area contributed by atoms with Gasteiger partial charge in [0.2, 0.25) is 11.8 Å². The van der Waals surface area contributed by atoms with E-state index in [1.807, 2.05) is 0 Å². The molecule has 4 amide bonds. The van der Waals surface area contributed by atoms with Gasteiger partial charge in [0.1, 0.15) is 6.04 Å². The molecule has 0 aliphatic heterocycles. The lowest BCUT2D eigenvalue weighted by atomic mass is 10.1. The topological polar surface area (TPSA) is 232 Å². The van der Waals surface area contributed by atoms with Crippen molar-refractivity contribution in [2.24, 2.45) is 28.9 Å². The molecule has 0 aromatic heterocycles. The molecule has 12 N–H and O–H groups in total. The number of hydrogen-bond acceptors (Lipinski definition) is 7. The Morgan fingerprint density at radius 3 is 2.07 bits per heavy atom. The molecule has 0 aromatic carbocycles. The monoisotopic (exact) mass is 404 g/mol. The number of guanidine groups is 1. The van der Waals surface area contributed by atoms with Gasteiger partial charge in [0, 0.05) is 6.54 Å². The van der Waals surface area contributed by atoms with Crippen LogP contribution in [-0.4, -0.2) is 52.9 Å². The molecule has 0 radical (unpaired) electrons. The zero-order valence-electron chi connectivity index (χ0n) is 15.3. The Kier molecular flexibility index (Phi) is 10.8. The van der Waals surface area contributed by atoms with Gasteiger partial charge >= 0.3 is 0 Å². The van der Waals surface area contributed by atoms with E-state index in [2.05, 4.69) is 16.0 Å². The molecule has 3 atom stereocenters. The number of carbonyl (C=O) groups is 4. The maximum atomic E-state index is 12.1. The molecule has 0 spiro atoms. The van der Waals surface area contributed by atoms with Gasteiger partial charge < -0.3 is 38.9 Å². The van der Waals surface area contributed by atoms with Gasteiger partial charge in [-0.1, -0.05) is 13.8 Å². The Balaban J connectivity index is 4.72. The molecular weight excluding hydrogens is 376 g/mol. The minimum absolute atomic E-state index is 0.180. The highest BCUT2D eigenvalue weighted by molar-refractivity contribution is 8.14. The lowest BCUT2D eigenvalue weighted by Gasteiger charge is -2.21. The molecule has 13 heteroatoms. The minimum Gasteiger partial charge on any atom is -0.370 e. The molecule has 12 nitrogen and oxygen atoms in total. The quantitative estimate of drug-likeness (QED) is 0.0788. The zero-order chi connectivity index (χ0) is 21.1. The summed E-state index contributed by atoms with van der Waals surface area (Å²) in [6.07, 6.45) is 0.588. The highest BCUT2D eigenvalue weighted by Gasteiger charge is 2.28. The van der Waals surface area contributed by atoms with Crippen molar-refractivity contribution in [3.05, 3.63) is 0 Å². The van der Waals surface area contributed by atoms with Crippen LogP contribution in [0.2, 0.25) is 0 Å². The fraction of sp³-hybridized carbons (Fsp3) is 0.643. The molecule has 0 saturated heterocycles. The molecule has 27 heavy (non-hydrogen) atoms. The summed E-state index contributed by atoms with van der Waals surface area (Å²) >= 11 is 0.411. The van der Waals surface area contributed by atoms with Gasteiger partial charge in [0.25, 0.3) is 11.1 Å². The van der Waals surface area contributed by atoms with Crippen molar-refractivity contribution >= 4 is 40.7 Å². The maximum Gasteiger partial charge on any atom is 0.282 e. The molecular formula is C14H28N8O4S. The van der Waals surface area contributed by atoms with Crippen LogP contribution in [0.3, 0.4) is 0 Å². The third-order valence-electron chi connectivity index (χ3n) is 3.40. The van der Waals surface area contributed by atoms with Crippen LogP contribution >= 0.6 is 11.8 Å². The molecule has 0 aliphatic carbocycles. The van der Waals surface area contributed by atoms with E-state index >= 15 is 0 Å². The van der Waals surface area contributed by atoms with Gasteiger partial charge in [-0.25, -0.2) is 0 Å². The van der Waals surface area contributed by atoms with E-state index in [0.717, 1.165) is 0 Å². The third-order valence-corrected chi connectivity index (χ3v) is 4.32. The highest BCUT2D eigenvalue weighted by Crippen LogP contribution is 2.11. The molecule has 154 valence electrons. The van der Waals surface area contributed by atoms with Crippen molar-refractivity contribution in [3.63, 3.8) is 0 Å². The SMILES string of the molecule is CC(C)[C@H](N)C(=O)N[C@@H](SC(=O)N[C@@H](CCCNC(=N)N)C(N)=O)C(N)=O. The lowest BCUT2D eigenvalue weighted by molar-refractivity contribution is -0.127. The number of hydrogen-bond donors (Lipinski definition) is 8. The molecule has 0 fully saturated rings. The summed E-state index contributed by atoms with van der Waals surface area (Å²) in [6.45, 7) is 3.76. The van der Waals surface area contributed by atoms with Gasteiger partial charge in [-0.3, -0.25) is 24.6 Å². The van der Waals surface area contributed by atoms with Gasteiger partial charge in [-0.2, -0.15) is 0 Å². The van der Waals surface area contributed by atoms with Gasteiger partial charge in [0.15, 0.2) is 11.3 Å². The minimum atomic E-state index is -1.35. The summed E-state index contributed by atoms with van der Waals surface area (Å²) in [4.78, 5) is 47.0. The first-order chi connectivity index (χ1) is 12.5. The second-order valence-corrected chi connectivity index (χ2v) is 7.13. The Hall–Kier alpha value is -2.54. The van der Waals surface area contributed by atoms with Crippen molar-refractivity contribution in [3.8, 4) is 0 Å². The van der Waals surface area contributed by atoms with E-state index in [0.29, 0.717) is 24.7 Å². The van der Waals surface area contributed by atoms with Gasteiger partial charge in [-0.15, -0.1) is 0 Å². The summed E-state index contributed by atoms with van der Waals surface area (Å²) < 4.78 is 0. The van der Waals surface area contributed by atoms with E-state index < -0.39 is 40.4 Å². The Morgan fingerprint density at radius 1 is 1.04 bits per heavy atom. The first-order valence-electron chi connectivity index (χ1n) is 8.15. The third kappa shape index (κ3) is 10.3. The van der Waals surface area contributed by atoms with Crippen LogP contribution in [0.15, 0.2) is 0 Å². The van der Waals surface area contributed by atoms with Crippen LogP contribution in [0.25, 0.3) is 0 Å². The van der Waals surface area contributed by atoms with E-state index in [9.17, 15) is 19.2 Å². The second kappa shape index (κ2) is 12.0. The molecule has 0 aromatic rings. The molecule has 0 saturated carbocycles. The first kappa shape index (κ1) is 24.5. The number of primary amides is 2. The first-order valence-corrected chi connectivity index (χ1v) is 9.03. The summed E-state index contributed by atoms with van der Waals surface area (Å²) in [6, 6.07) is -1.87. The van der Waals surface area contributed by atoms with E-state index in [1.54, 1.807) is 13.8 Å². The predicted molar refractivity (Wildman–Crippen MR) is 102 cm³/mol. The van der Waals surface area contributed by atoms with Crippen molar-refractivity contribution in [1.82, 2.24) is 16.0 Å². The van der Waals surface area contributed by atoms with Crippen LogP contribution in [-0.2, 0) is 14.4 Å². The molecule has 0 heterocycles. The van der Waals surface area contributed by atoms with Gasteiger partial charge in [0.05, 0.1) is 6.04 Å². The van der Waals surface area contributed by atoms with Crippen LogP contribution in [0, 0.1) is 11.3 Å². The molecule has 0 unspecified atom stereocenters. The fourth-order valence-electron chi connectivity index (χ4n) is 1.78. The number of carbonyl (C=O) groups excluding carboxylic acids is 4. The van der Waals surface area contributed by atoms with E-state index in [4.69, 9.17) is 28.3 Å². The van der Waals surface area contributed by atoms with E-state index in [-0.39, 0.29) is 18.3 Å². The van der Waals surface area contributed by atoms with Crippen molar-refractivity contribution < 1.29 is 19.2 Å². The Labute approximate surface area is 161 Å². The molecule has 0 rings (SSSR count). The Morgan fingerprint density at radius 2 is 1.63 bits per heavy atom. The number of thioether (sulfide) groups is 1. The van der Waals surface area contributed by atoms with Crippen molar-refractivity contribution in [2.45, 2.75) is 44.1 Å². The molecule has 0 aliphatic rings.